The first-order valence-corrected chi connectivity index (χ1v) is 7.61. The zero-order chi connectivity index (χ0) is 16.6. The number of nitrogens with one attached hydrogen (secondary N) is 1. The maximum Gasteiger partial charge on any atom is 0.234 e. The van der Waals surface area contributed by atoms with E-state index >= 15 is 0 Å². The zero-order valence-electron chi connectivity index (χ0n) is 14.0. The van der Waals surface area contributed by atoms with Crippen LogP contribution < -0.4 is 5.32 Å². The van der Waals surface area contributed by atoms with E-state index in [1.54, 1.807) is 12.3 Å². The molecular formula is C16H28N2O4. The van der Waals surface area contributed by atoms with Crippen LogP contribution in [0.4, 0.5) is 0 Å². The summed E-state index contributed by atoms with van der Waals surface area (Å²) in [6.07, 6.45) is 0.944. The Bertz CT molecular complexity index is 426. The number of ether oxygens (including phenoxy) is 1. The van der Waals surface area contributed by atoms with E-state index in [1.165, 1.54) is 0 Å². The van der Waals surface area contributed by atoms with Crippen LogP contribution in [0.15, 0.2) is 22.8 Å². The smallest absolute Gasteiger partial charge is 0.234 e. The summed E-state index contributed by atoms with van der Waals surface area (Å²) in [5.74, 6) is 0.683. The minimum atomic E-state index is -0.641. The molecule has 126 valence electrons. The predicted molar refractivity (Wildman–Crippen MR) is 84.4 cm³/mol. The summed E-state index contributed by atoms with van der Waals surface area (Å²) >= 11 is 0. The molecule has 2 N–H and O–H groups in total. The lowest BCUT2D eigenvalue weighted by molar-refractivity contribution is -0.124. The van der Waals surface area contributed by atoms with Crippen molar-refractivity contribution in [3.8, 4) is 0 Å². The van der Waals surface area contributed by atoms with Crippen molar-refractivity contribution in [3.63, 3.8) is 0 Å². The largest absolute Gasteiger partial charge is 0.467 e. The van der Waals surface area contributed by atoms with Crippen LogP contribution in [-0.2, 0) is 16.1 Å². The van der Waals surface area contributed by atoms with Crippen molar-refractivity contribution >= 4 is 5.91 Å². The molecule has 0 fully saturated rings. The monoisotopic (exact) mass is 312 g/mol. The molecule has 0 bridgehead atoms. The molecule has 1 aromatic rings. The average Bonchev–Trinajstić information content (AvgIpc) is 2.88. The molecule has 0 aliphatic rings. The van der Waals surface area contributed by atoms with Gasteiger partial charge in [0.1, 0.15) is 12.4 Å². The molecule has 1 aromatic heterocycles. The maximum atomic E-state index is 11.9. The first-order valence-electron chi connectivity index (χ1n) is 7.61. The van der Waals surface area contributed by atoms with Crippen LogP contribution in [0.3, 0.4) is 0 Å². The number of aliphatic hydroxyl groups excluding tert-OH is 1. The third-order valence-corrected chi connectivity index (χ3v) is 2.93. The van der Waals surface area contributed by atoms with Crippen LogP contribution in [0, 0.1) is 0 Å². The summed E-state index contributed by atoms with van der Waals surface area (Å²) in [4.78, 5) is 13.8. The topological polar surface area (TPSA) is 74.9 Å². The van der Waals surface area contributed by atoms with Gasteiger partial charge in [0, 0.05) is 12.1 Å². The summed E-state index contributed by atoms with van der Waals surface area (Å²) in [7, 11) is 0. The van der Waals surface area contributed by atoms with Crippen molar-refractivity contribution in [2.24, 2.45) is 0 Å². The number of likely N-dealkylation sites (N-methyl/N-ethyl adjacent to an activating group) is 1. The molecule has 0 saturated heterocycles. The Hall–Kier alpha value is -1.37. The van der Waals surface area contributed by atoms with Crippen LogP contribution in [0.1, 0.15) is 33.5 Å². The van der Waals surface area contributed by atoms with Gasteiger partial charge in [0.2, 0.25) is 5.91 Å². The molecule has 1 heterocycles. The summed E-state index contributed by atoms with van der Waals surface area (Å²) in [6, 6.07) is 3.61. The number of aliphatic hydroxyl groups is 1. The van der Waals surface area contributed by atoms with E-state index in [4.69, 9.17) is 9.15 Å². The second kappa shape index (κ2) is 8.92. The van der Waals surface area contributed by atoms with Crippen molar-refractivity contribution in [1.29, 1.82) is 0 Å². The summed E-state index contributed by atoms with van der Waals surface area (Å²) in [6.45, 7) is 9.68. The summed E-state index contributed by atoms with van der Waals surface area (Å²) < 4.78 is 10.5. The second-order valence-corrected chi connectivity index (χ2v) is 6.37. The SMILES string of the molecule is CCN(CC(=O)NC(C)(C)C)C[C@H](O)COCc1ccco1. The van der Waals surface area contributed by atoms with Gasteiger partial charge >= 0.3 is 0 Å². The minimum Gasteiger partial charge on any atom is -0.467 e. The Morgan fingerprint density at radius 1 is 1.50 bits per heavy atom. The van der Waals surface area contributed by atoms with Crippen LogP contribution in [0.2, 0.25) is 0 Å². The van der Waals surface area contributed by atoms with Crippen LogP contribution in [0.25, 0.3) is 0 Å². The van der Waals surface area contributed by atoms with E-state index in [0.717, 1.165) is 5.76 Å². The summed E-state index contributed by atoms with van der Waals surface area (Å²) in [5.41, 5.74) is -0.249. The fourth-order valence-electron chi connectivity index (χ4n) is 2.01. The van der Waals surface area contributed by atoms with Gasteiger partial charge in [-0.2, -0.15) is 0 Å². The molecule has 1 rings (SSSR count). The van der Waals surface area contributed by atoms with E-state index in [1.807, 2.05) is 38.7 Å². The summed E-state index contributed by atoms with van der Waals surface area (Å²) in [5, 5.41) is 12.9. The fraction of sp³-hybridized carbons (Fsp3) is 0.688. The van der Waals surface area contributed by atoms with Crippen molar-refractivity contribution in [3.05, 3.63) is 24.2 Å². The van der Waals surface area contributed by atoms with Gasteiger partial charge in [-0.15, -0.1) is 0 Å². The minimum absolute atomic E-state index is 0.0435. The zero-order valence-corrected chi connectivity index (χ0v) is 14.0. The number of nitrogens with zero attached hydrogens (tertiary/aromatic N) is 1. The maximum absolute atomic E-state index is 11.9. The molecule has 0 aromatic carbocycles. The molecule has 1 atom stereocenters. The standard InChI is InChI=1S/C16H28N2O4/c1-5-18(10-15(20)17-16(2,3)4)9-13(19)11-21-12-14-7-6-8-22-14/h6-8,13,19H,5,9-12H2,1-4H3,(H,17,20)/t13-/m0/s1. The molecule has 0 unspecified atom stereocenters. The fourth-order valence-corrected chi connectivity index (χ4v) is 2.01. The molecule has 6 nitrogen and oxygen atoms in total. The van der Waals surface area contributed by atoms with Crippen LogP contribution in [0.5, 0.6) is 0 Å². The number of amides is 1. The highest BCUT2D eigenvalue weighted by atomic mass is 16.5. The van der Waals surface area contributed by atoms with Gasteiger partial charge < -0.3 is 19.6 Å². The van der Waals surface area contributed by atoms with Crippen LogP contribution >= 0.6 is 0 Å². The highest BCUT2D eigenvalue weighted by molar-refractivity contribution is 5.78. The first-order chi connectivity index (χ1) is 10.3. The molecule has 0 saturated carbocycles. The molecule has 1 amide bonds. The van der Waals surface area contributed by atoms with E-state index in [9.17, 15) is 9.90 Å². The van der Waals surface area contributed by atoms with Crippen molar-refractivity contribution in [2.75, 3.05) is 26.2 Å². The Labute approximate surface area is 132 Å². The van der Waals surface area contributed by atoms with Gasteiger partial charge in [-0.1, -0.05) is 6.92 Å². The Morgan fingerprint density at radius 3 is 2.77 bits per heavy atom. The molecular weight excluding hydrogens is 284 g/mol. The molecule has 0 aliphatic heterocycles. The number of hydrogen-bond donors (Lipinski definition) is 2. The Morgan fingerprint density at radius 2 is 2.23 bits per heavy atom. The quantitative estimate of drug-likeness (QED) is 0.721. The molecule has 0 spiro atoms. The number of carbonyl (C=O) groups excluding carboxylic acids is 1. The molecule has 22 heavy (non-hydrogen) atoms. The average molecular weight is 312 g/mol. The molecule has 6 heteroatoms. The second-order valence-electron chi connectivity index (χ2n) is 6.37. The van der Waals surface area contributed by atoms with Gasteiger partial charge in [0.05, 0.1) is 25.5 Å². The van der Waals surface area contributed by atoms with Crippen LogP contribution in [-0.4, -0.2) is 53.8 Å². The number of furan rings is 1. The first kappa shape index (κ1) is 18.7. The highest BCUT2D eigenvalue weighted by Crippen LogP contribution is 2.03. The molecule has 0 radical (unpaired) electrons. The van der Waals surface area contributed by atoms with E-state index in [2.05, 4.69) is 5.32 Å². The third kappa shape index (κ3) is 8.17. The van der Waals surface area contributed by atoms with Gasteiger partial charge in [-0.25, -0.2) is 0 Å². The number of hydrogen-bond acceptors (Lipinski definition) is 5. The van der Waals surface area contributed by atoms with Gasteiger partial charge in [0.15, 0.2) is 0 Å². The predicted octanol–water partition coefficient (Wildman–Crippen LogP) is 1.39. The Balaban J connectivity index is 2.27. The lowest BCUT2D eigenvalue weighted by Crippen LogP contribution is -2.47. The normalized spacial score (nSPS) is 13.4. The van der Waals surface area contributed by atoms with Gasteiger partial charge in [-0.3, -0.25) is 9.69 Å². The lowest BCUT2D eigenvalue weighted by atomic mass is 10.1. The van der Waals surface area contributed by atoms with E-state index in [0.29, 0.717) is 19.7 Å². The van der Waals surface area contributed by atoms with Gasteiger partial charge in [0.25, 0.3) is 0 Å². The van der Waals surface area contributed by atoms with Crippen molar-refractivity contribution in [1.82, 2.24) is 10.2 Å². The van der Waals surface area contributed by atoms with Gasteiger partial charge in [-0.05, 0) is 39.4 Å². The number of carbonyl (C=O) groups is 1. The lowest BCUT2D eigenvalue weighted by Gasteiger charge is -2.26. The highest BCUT2D eigenvalue weighted by Gasteiger charge is 2.18. The van der Waals surface area contributed by atoms with E-state index in [-0.39, 0.29) is 24.6 Å². The van der Waals surface area contributed by atoms with Crippen molar-refractivity contribution < 1.29 is 19.1 Å². The molecule has 0 aliphatic carbocycles. The Kier molecular flexibility index (Phi) is 7.58. The third-order valence-electron chi connectivity index (χ3n) is 2.93. The van der Waals surface area contributed by atoms with E-state index < -0.39 is 6.10 Å². The van der Waals surface area contributed by atoms with Crippen molar-refractivity contribution in [2.45, 2.75) is 45.9 Å². The number of rotatable bonds is 9.